The third-order valence-electron chi connectivity index (χ3n) is 2.85. The second kappa shape index (κ2) is 7.57. The minimum atomic E-state index is -0.493. The summed E-state index contributed by atoms with van der Waals surface area (Å²) in [6.07, 6.45) is -0.317. The number of carbonyl (C=O) groups excluding carboxylic acids is 1. The molecule has 1 aromatic carbocycles. The van der Waals surface area contributed by atoms with Crippen LogP contribution in [0.1, 0.15) is 63.4 Å². The standard InChI is InChI=1S/C17H26O4/c1-12(2)14-7-9-15(10-8-14)16(18)21-20-13(3)11-19-17(4,5)6/h7-10,12-13H,11H2,1-6H3. The zero-order chi connectivity index (χ0) is 16.0. The third-order valence-corrected chi connectivity index (χ3v) is 2.85. The topological polar surface area (TPSA) is 44.8 Å². The Hall–Kier alpha value is -1.39. The Bertz CT molecular complexity index is 443. The molecule has 0 fully saturated rings. The van der Waals surface area contributed by atoms with Gasteiger partial charge >= 0.3 is 5.97 Å². The predicted octanol–water partition coefficient (Wildman–Crippen LogP) is 4.10. The van der Waals surface area contributed by atoms with Gasteiger partial charge in [0, 0.05) is 0 Å². The van der Waals surface area contributed by atoms with E-state index in [4.69, 9.17) is 14.5 Å². The Kier molecular flexibility index (Phi) is 6.37. The van der Waals surface area contributed by atoms with Gasteiger partial charge in [0.1, 0.15) is 6.10 Å². The van der Waals surface area contributed by atoms with Crippen LogP contribution in [-0.2, 0) is 14.5 Å². The number of rotatable bonds is 6. The zero-order valence-electron chi connectivity index (χ0n) is 13.8. The summed E-state index contributed by atoms with van der Waals surface area (Å²) < 4.78 is 5.55. The highest BCUT2D eigenvalue weighted by atomic mass is 17.2. The maximum absolute atomic E-state index is 11.8. The average molecular weight is 294 g/mol. The molecule has 1 atom stereocenters. The van der Waals surface area contributed by atoms with Crippen molar-refractivity contribution in [2.45, 2.75) is 59.2 Å². The second-order valence-electron chi connectivity index (χ2n) is 6.48. The van der Waals surface area contributed by atoms with E-state index in [1.54, 1.807) is 19.1 Å². The van der Waals surface area contributed by atoms with Crippen molar-refractivity contribution in [2.24, 2.45) is 0 Å². The van der Waals surface area contributed by atoms with Crippen LogP contribution in [-0.4, -0.2) is 24.3 Å². The predicted molar refractivity (Wildman–Crippen MR) is 82.2 cm³/mol. The number of ether oxygens (including phenoxy) is 1. The number of hydrogen-bond donors (Lipinski definition) is 0. The lowest BCUT2D eigenvalue weighted by atomic mass is 10.0. The van der Waals surface area contributed by atoms with E-state index in [2.05, 4.69) is 13.8 Å². The second-order valence-corrected chi connectivity index (χ2v) is 6.48. The van der Waals surface area contributed by atoms with Gasteiger partial charge in [-0.2, -0.15) is 4.89 Å². The Labute approximate surface area is 127 Å². The molecular weight excluding hydrogens is 268 g/mol. The first-order chi connectivity index (χ1) is 9.69. The van der Waals surface area contributed by atoms with E-state index < -0.39 is 5.97 Å². The van der Waals surface area contributed by atoms with Crippen LogP contribution in [0.3, 0.4) is 0 Å². The van der Waals surface area contributed by atoms with Crippen molar-refractivity contribution < 1.29 is 19.3 Å². The molecular formula is C17H26O4. The summed E-state index contributed by atoms with van der Waals surface area (Å²) in [5.74, 6) is -0.0613. The van der Waals surface area contributed by atoms with Gasteiger partial charge in [0.05, 0.1) is 17.8 Å². The molecule has 0 aliphatic heterocycles. The van der Waals surface area contributed by atoms with Gasteiger partial charge in [0.25, 0.3) is 0 Å². The normalized spacial score (nSPS) is 13.3. The lowest BCUT2D eigenvalue weighted by molar-refractivity contribution is -0.282. The summed E-state index contributed by atoms with van der Waals surface area (Å²) >= 11 is 0. The molecule has 0 spiro atoms. The molecule has 4 heteroatoms. The highest BCUT2D eigenvalue weighted by Gasteiger charge is 2.15. The van der Waals surface area contributed by atoms with Gasteiger partial charge < -0.3 is 4.74 Å². The highest BCUT2D eigenvalue weighted by Crippen LogP contribution is 2.15. The molecule has 0 aromatic heterocycles. The molecule has 1 unspecified atom stereocenters. The van der Waals surface area contributed by atoms with Crippen molar-refractivity contribution in [2.75, 3.05) is 6.61 Å². The van der Waals surface area contributed by atoms with Crippen molar-refractivity contribution in [1.82, 2.24) is 0 Å². The molecule has 0 aliphatic carbocycles. The molecule has 0 saturated heterocycles. The van der Waals surface area contributed by atoms with Gasteiger partial charge in [-0.25, -0.2) is 4.79 Å². The molecule has 0 bridgehead atoms. The molecule has 1 aromatic rings. The molecule has 21 heavy (non-hydrogen) atoms. The fourth-order valence-electron chi connectivity index (χ4n) is 1.57. The molecule has 0 aliphatic rings. The van der Waals surface area contributed by atoms with E-state index in [1.165, 1.54) is 5.56 Å². The highest BCUT2D eigenvalue weighted by molar-refractivity contribution is 5.88. The SMILES string of the molecule is CC(COC(C)(C)C)OOC(=O)c1ccc(C(C)C)cc1. The van der Waals surface area contributed by atoms with Crippen LogP contribution >= 0.6 is 0 Å². The van der Waals surface area contributed by atoms with E-state index in [9.17, 15) is 4.79 Å². The van der Waals surface area contributed by atoms with E-state index in [1.807, 2.05) is 32.9 Å². The smallest absolute Gasteiger partial charge is 0.373 e. The Morgan fingerprint density at radius 3 is 2.14 bits per heavy atom. The first-order valence-corrected chi connectivity index (χ1v) is 7.30. The van der Waals surface area contributed by atoms with E-state index >= 15 is 0 Å². The lowest BCUT2D eigenvalue weighted by Crippen LogP contribution is -2.27. The van der Waals surface area contributed by atoms with Crippen molar-refractivity contribution >= 4 is 5.97 Å². The molecule has 0 heterocycles. The quantitative estimate of drug-likeness (QED) is 0.585. The van der Waals surface area contributed by atoms with E-state index in [-0.39, 0.29) is 11.7 Å². The number of carbonyl (C=O) groups is 1. The minimum Gasteiger partial charge on any atom is -0.373 e. The van der Waals surface area contributed by atoms with Crippen LogP contribution in [0.4, 0.5) is 0 Å². The summed E-state index contributed by atoms with van der Waals surface area (Å²) in [7, 11) is 0. The van der Waals surface area contributed by atoms with Crippen molar-refractivity contribution in [1.29, 1.82) is 0 Å². The van der Waals surface area contributed by atoms with Gasteiger partial charge in [-0.15, -0.1) is 0 Å². The molecule has 1 rings (SSSR count). The van der Waals surface area contributed by atoms with Crippen LogP contribution in [0.15, 0.2) is 24.3 Å². The Balaban J connectivity index is 2.43. The first-order valence-electron chi connectivity index (χ1n) is 7.30. The maximum Gasteiger partial charge on any atom is 0.373 e. The fourth-order valence-corrected chi connectivity index (χ4v) is 1.57. The first kappa shape index (κ1) is 17.7. The van der Waals surface area contributed by atoms with Gasteiger partial charge in [-0.05, 0) is 51.3 Å². The summed E-state index contributed by atoms with van der Waals surface area (Å²) in [4.78, 5) is 21.7. The number of hydrogen-bond acceptors (Lipinski definition) is 4. The van der Waals surface area contributed by atoms with Gasteiger partial charge in [-0.1, -0.05) is 26.0 Å². The summed E-state index contributed by atoms with van der Waals surface area (Å²) in [5, 5.41) is 0. The van der Waals surface area contributed by atoms with Crippen LogP contribution < -0.4 is 0 Å². The molecule has 4 nitrogen and oxygen atoms in total. The van der Waals surface area contributed by atoms with Crippen LogP contribution in [0, 0.1) is 0 Å². The largest absolute Gasteiger partial charge is 0.373 e. The summed E-state index contributed by atoms with van der Waals surface area (Å²) in [6, 6.07) is 7.34. The molecule has 0 radical (unpaired) electrons. The zero-order valence-corrected chi connectivity index (χ0v) is 13.8. The van der Waals surface area contributed by atoms with Crippen LogP contribution in [0.5, 0.6) is 0 Å². The van der Waals surface area contributed by atoms with Crippen molar-refractivity contribution in [3.63, 3.8) is 0 Å². The van der Waals surface area contributed by atoms with Crippen LogP contribution in [0.25, 0.3) is 0 Å². The summed E-state index contributed by atoms with van der Waals surface area (Å²) in [6.45, 7) is 12.2. The van der Waals surface area contributed by atoms with Crippen molar-refractivity contribution in [3.05, 3.63) is 35.4 Å². The number of benzene rings is 1. The van der Waals surface area contributed by atoms with Crippen molar-refractivity contribution in [3.8, 4) is 0 Å². The van der Waals surface area contributed by atoms with Gasteiger partial charge in [-0.3, -0.25) is 4.89 Å². The monoisotopic (exact) mass is 294 g/mol. The lowest BCUT2D eigenvalue weighted by Gasteiger charge is -2.21. The molecule has 0 saturated carbocycles. The van der Waals surface area contributed by atoms with E-state index in [0.29, 0.717) is 18.1 Å². The Morgan fingerprint density at radius 1 is 1.10 bits per heavy atom. The maximum atomic E-state index is 11.8. The summed E-state index contributed by atoms with van der Waals surface area (Å²) in [5.41, 5.74) is 1.41. The average Bonchev–Trinajstić information content (AvgIpc) is 2.41. The molecule has 118 valence electrons. The fraction of sp³-hybridized carbons (Fsp3) is 0.588. The van der Waals surface area contributed by atoms with Crippen LogP contribution in [0.2, 0.25) is 0 Å². The van der Waals surface area contributed by atoms with E-state index in [0.717, 1.165) is 0 Å². The molecule has 0 amide bonds. The van der Waals surface area contributed by atoms with Gasteiger partial charge in [0.2, 0.25) is 0 Å². The Morgan fingerprint density at radius 2 is 1.67 bits per heavy atom. The third kappa shape index (κ3) is 6.74. The van der Waals surface area contributed by atoms with Gasteiger partial charge in [0.15, 0.2) is 0 Å². The minimum absolute atomic E-state index is 0.242. The molecule has 0 N–H and O–H groups in total.